The Balaban J connectivity index is 2.11. The molecule has 2 aliphatic rings. The van der Waals surface area contributed by atoms with Crippen LogP contribution in [0.15, 0.2) is 12.7 Å². The van der Waals surface area contributed by atoms with E-state index in [9.17, 15) is 31.9 Å². The van der Waals surface area contributed by atoms with Crippen molar-refractivity contribution in [2.45, 2.75) is 49.2 Å². The van der Waals surface area contributed by atoms with Crippen molar-refractivity contribution < 1.29 is 46.1 Å². The molecule has 1 spiro atoms. The molecule has 2 fully saturated rings. The molecule has 0 aromatic rings. The number of rotatable bonds is 3. The van der Waals surface area contributed by atoms with Gasteiger partial charge in [-0.25, -0.2) is 4.79 Å². The Hall–Kier alpha value is -1.26. The van der Waals surface area contributed by atoms with Crippen LogP contribution in [0.4, 0.5) is 22.0 Å². The van der Waals surface area contributed by atoms with Gasteiger partial charge >= 0.3 is 23.9 Å². The average molecular weight is 360 g/mol. The number of alkyl halides is 5. The van der Waals surface area contributed by atoms with Crippen molar-refractivity contribution in [3.8, 4) is 0 Å². The van der Waals surface area contributed by atoms with Crippen LogP contribution in [0.25, 0.3) is 0 Å². The summed E-state index contributed by atoms with van der Waals surface area (Å²) in [7, 11) is 0. The molecule has 0 amide bonds. The first kappa shape index (κ1) is 19.1. The maximum Gasteiger partial charge on any atom is 0.449 e. The Labute approximate surface area is 134 Å². The van der Waals surface area contributed by atoms with E-state index in [1.807, 2.05) is 0 Å². The Morgan fingerprint density at radius 1 is 1.29 bits per heavy atom. The number of aliphatic hydroxyl groups is 1. The van der Waals surface area contributed by atoms with Crippen LogP contribution in [-0.2, 0) is 19.0 Å². The van der Waals surface area contributed by atoms with Crippen LogP contribution in [0.2, 0.25) is 0 Å². The molecule has 1 N–H and O–H groups in total. The van der Waals surface area contributed by atoms with E-state index in [1.165, 1.54) is 0 Å². The maximum absolute atomic E-state index is 14.5. The van der Waals surface area contributed by atoms with E-state index in [4.69, 9.17) is 9.47 Å². The molecule has 1 heterocycles. The Morgan fingerprint density at radius 2 is 1.88 bits per heavy atom. The highest BCUT2D eigenvalue weighted by Crippen LogP contribution is 2.56. The van der Waals surface area contributed by atoms with Crippen molar-refractivity contribution in [2.75, 3.05) is 13.4 Å². The minimum atomic E-state index is -5.68. The minimum Gasteiger partial charge on any atom is -0.462 e. The van der Waals surface area contributed by atoms with Gasteiger partial charge in [0, 0.05) is 6.08 Å². The quantitative estimate of drug-likeness (QED) is 0.476. The zero-order valence-corrected chi connectivity index (χ0v) is 12.6. The van der Waals surface area contributed by atoms with Crippen LogP contribution in [-0.4, -0.2) is 48.0 Å². The summed E-state index contributed by atoms with van der Waals surface area (Å²) in [6, 6.07) is 0. The predicted molar refractivity (Wildman–Crippen MR) is 68.8 cm³/mol. The molecular formula is C14H17F5O5. The third kappa shape index (κ3) is 2.91. The zero-order chi connectivity index (χ0) is 18.2. The van der Waals surface area contributed by atoms with Gasteiger partial charge in [-0.3, -0.25) is 0 Å². The minimum absolute atomic E-state index is 0.0491. The summed E-state index contributed by atoms with van der Waals surface area (Å²) < 4.78 is 81.2. The normalized spacial score (nSPS) is 36.3. The van der Waals surface area contributed by atoms with E-state index in [0.717, 1.165) is 6.08 Å². The Bertz CT molecular complexity index is 498. The van der Waals surface area contributed by atoms with Gasteiger partial charge in [-0.15, -0.1) is 0 Å². The summed E-state index contributed by atoms with van der Waals surface area (Å²) in [5, 5.41) is 9.47. The first-order valence-electron chi connectivity index (χ1n) is 7.23. The molecule has 24 heavy (non-hydrogen) atoms. The summed E-state index contributed by atoms with van der Waals surface area (Å²) in [6.45, 7) is 2.06. The third-order valence-corrected chi connectivity index (χ3v) is 4.53. The summed E-state index contributed by atoms with van der Waals surface area (Å²) in [6.07, 6.45) is -5.49. The fraction of sp³-hybridized carbons (Fsp3) is 0.786. The van der Waals surface area contributed by atoms with E-state index < -0.39 is 49.1 Å². The fourth-order valence-corrected chi connectivity index (χ4v) is 3.01. The SMILES string of the molecule is C=CC(=O)OCC1CCC2(CC1)OCOC(O)(C(F)(F)F)C2(F)F. The molecule has 1 aliphatic carbocycles. The largest absolute Gasteiger partial charge is 0.462 e. The van der Waals surface area contributed by atoms with Crippen LogP contribution >= 0.6 is 0 Å². The van der Waals surface area contributed by atoms with Crippen LogP contribution in [0, 0.1) is 5.92 Å². The van der Waals surface area contributed by atoms with E-state index in [2.05, 4.69) is 11.3 Å². The smallest absolute Gasteiger partial charge is 0.449 e. The molecule has 1 aliphatic heterocycles. The van der Waals surface area contributed by atoms with Crippen LogP contribution < -0.4 is 0 Å². The summed E-state index contributed by atoms with van der Waals surface area (Å²) in [5.74, 6) is -10.2. The molecule has 138 valence electrons. The highest BCUT2D eigenvalue weighted by Gasteiger charge is 2.80. The second kappa shape index (κ2) is 6.23. The molecule has 1 saturated carbocycles. The number of hydrogen-bond donors (Lipinski definition) is 1. The van der Waals surface area contributed by atoms with Crippen molar-refractivity contribution in [3.05, 3.63) is 12.7 Å². The molecule has 0 bridgehead atoms. The number of carbonyl (C=O) groups excluding carboxylic acids is 1. The second-order valence-corrected chi connectivity index (χ2v) is 5.89. The average Bonchev–Trinajstić information content (AvgIpc) is 2.51. The topological polar surface area (TPSA) is 65.0 Å². The van der Waals surface area contributed by atoms with Gasteiger partial charge in [0.1, 0.15) is 5.60 Å². The molecule has 0 radical (unpaired) electrons. The van der Waals surface area contributed by atoms with Crippen molar-refractivity contribution in [1.82, 2.24) is 0 Å². The van der Waals surface area contributed by atoms with Crippen LogP contribution in [0.5, 0.6) is 0 Å². The van der Waals surface area contributed by atoms with E-state index in [1.54, 1.807) is 0 Å². The van der Waals surface area contributed by atoms with Gasteiger partial charge in [-0.05, 0) is 31.6 Å². The lowest BCUT2D eigenvalue weighted by molar-refractivity contribution is -0.504. The lowest BCUT2D eigenvalue weighted by atomic mass is 9.72. The third-order valence-electron chi connectivity index (χ3n) is 4.53. The van der Waals surface area contributed by atoms with Gasteiger partial charge in [-0.1, -0.05) is 6.58 Å². The summed E-state index contributed by atoms with van der Waals surface area (Å²) >= 11 is 0. The highest BCUT2D eigenvalue weighted by atomic mass is 19.4. The zero-order valence-electron chi connectivity index (χ0n) is 12.6. The molecule has 10 heteroatoms. The predicted octanol–water partition coefficient (Wildman–Crippen LogP) is 2.54. The van der Waals surface area contributed by atoms with Gasteiger partial charge in [-0.2, -0.15) is 22.0 Å². The van der Waals surface area contributed by atoms with Crippen molar-refractivity contribution in [2.24, 2.45) is 5.92 Å². The van der Waals surface area contributed by atoms with Crippen molar-refractivity contribution >= 4 is 5.97 Å². The fourth-order valence-electron chi connectivity index (χ4n) is 3.01. The number of esters is 1. The first-order valence-corrected chi connectivity index (χ1v) is 7.23. The standard InChI is InChI=1S/C14H17F5O5/c1-2-10(20)22-7-9-3-5-11(6-4-9)12(15,16)13(21,14(17,18)19)24-8-23-11/h2,9,21H,1,3-8H2. The van der Waals surface area contributed by atoms with Gasteiger partial charge in [0.15, 0.2) is 6.79 Å². The second-order valence-electron chi connectivity index (χ2n) is 5.89. The molecule has 2 rings (SSSR count). The van der Waals surface area contributed by atoms with Gasteiger partial charge in [0.05, 0.1) is 6.61 Å². The number of hydrogen-bond acceptors (Lipinski definition) is 5. The van der Waals surface area contributed by atoms with Gasteiger partial charge in [0.25, 0.3) is 0 Å². The monoisotopic (exact) mass is 360 g/mol. The van der Waals surface area contributed by atoms with Gasteiger partial charge in [0.2, 0.25) is 0 Å². The van der Waals surface area contributed by atoms with Crippen LogP contribution in [0.1, 0.15) is 25.7 Å². The summed E-state index contributed by atoms with van der Waals surface area (Å²) in [4.78, 5) is 11.0. The summed E-state index contributed by atoms with van der Waals surface area (Å²) in [5.41, 5.74) is -2.48. The molecule has 5 nitrogen and oxygen atoms in total. The lowest BCUT2D eigenvalue weighted by Gasteiger charge is -2.52. The van der Waals surface area contributed by atoms with Gasteiger partial charge < -0.3 is 19.3 Å². The van der Waals surface area contributed by atoms with Crippen molar-refractivity contribution in [3.63, 3.8) is 0 Å². The molecule has 0 aromatic carbocycles. The molecule has 0 aromatic heterocycles. The van der Waals surface area contributed by atoms with E-state index in [-0.39, 0.29) is 25.4 Å². The molecule has 1 atom stereocenters. The van der Waals surface area contributed by atoms with Crippen molar-refractivity contribution in [1.29, 1.82) is 0 Å². The maximum atomic E-state index is 14.5. The van der Waals surface area contributed by atoms with Crippen LogP contribution in [0.3, 0.4) is 0 Å². The lowest BCUT2D eigenvalue weighted by Crippen LogP contribution is -2.74. The number of ether oxygens (including phenoxy) is 3. The Morgan fingerprint density at radius 3 is 2.38 bits per heavy atom. The molecule has 1 unspecified atom stereocenters. The first-order chi connectivity index (χ1) is 11.0. The highest BCUT2D eigenvalue weighted by molar-refractivity contribution is 5.81. The Kier molecular flexibility index (Phi) is 4.95. The number of carbonyl (C=O) groups is 1. The van der Waals surface area contributed by atoms with E-state index >= 15 is 0 Å². The van der Waals surface area contributed by atoms with E-state index in [0.29, 0.717) is 0 Å². The number of halogens is 5. The molecular weight excluding hydrogens is 343 g/mol. The molecule has 1 saturated heterocycles.